The third-order valence-electron chi connectivity index (χ3n) is 4.91. The molecule has 1 amide bonds. The quantitative estimate of drug-likeness (QED) is 0.637. The van der Waals surface area contributed by atoms with E-state index in [2.05, 4.69) is 5.32 Å². The smallest absolute Gasteiger partial charge is 0.267 e. The molecule has 3 aromatic carbocycles. The predicted molar refractivity (Wildman–Crippen MR) is 119 cm³/mol. The van der Waals surface area contributed by atoms with Crippen LogP contribution in [-0.2, 0) is 20.6 Å². The predicted octanol–water partition coefficient (Wildman–Crippen LogP) is 3.43. The van der Waals surface area contributed by atoms with E-state index >= 15 is 0 Å². The zero-order valence-electron chi connectivity index (χ0n) is 16.9. The summed E-state index contributed by atoms with van der Waals surface area (Å²) in [5.41, 5.74) is 1.66. The Labute approximate surface area is 181 Å². The largest absolute Gasteiger partial charge is 0.497 e. The summed E-state index contributed by atoms with van der Waals surface area (Å²) in [5.74, 6) is 0.411. The van der Waals surface area contributed by atoms with Crippen molar-refractivity contribution in [2.75, 3.05) is 23.3 Å². The van der Waals surface area contributed by atoms with E-state index in [1.807, 2.05) is 6.07 Å². The van der Waals surface area contributed by atoms with Crippen LogP contribution in [0.2, 0.25) is 0 Å². The fourth-order valence-electron chi connectivity index (χ4n) is 3.36. The van der Waals surface area contributed by atoms with Crippen molar-refractivity contribution in [2.24, 2.45) is 0 Å². The van der Waals surface area contributed by atoms with Crippen LogP contribution in [0.3, 0.4) is 0 Å². The van der Waals surface area contributed by atoms with E-state index in [9.17, 15) is 13.2 Å². The molecule has 7 nitrogen and oxygen atoms in total. The van der Waals surface area contributed by atoms with E-state index in [0.29, 0.717) is 28.4 Å². The lowest BCUT2D eigenvalue weighted by Gasteiger charge is -2.34. The van der Waals surface area contributed by atoms with Crippen LogP contribution >= 0.6 is 0 Å². The summed E-state index contributed by atoms with van der Waals surface area (Å²) in [7, 11) is -2.18. The lowest BCUT2D eigenvalue weighted by Crippen LogP contribution is -2.49. The van der Waals surface area contributed by atoms with Gasteiger partial charge in [-0.05, 0) is 42.0 Å². The minimum atomic E-state index is -3.74. The Kier molecular flexibility index (Phi) is 5.81. The molecule has 0 bridgehead atoms. The zero-order valence-corrected chi connectivity index (χ0v) is 17.7. The van der Waals surface area contributed by atoms with Gasteiger partial charge in [-0.2, -0.15) is 0 Å². The average Bonchev–Trinajstić information content (AvgIpc) is 2.79. The van der Waals surface area contributed by atoms with Crippen LogP contribution in [0.1, 0.15) is 5.56 Å². The average molecular weight is 439 g/mol. The molecule has 0 aromatic heterocycles. The maximum atomic E-state index is 13.2. The highest BCUT2D eigenvalue weighted by Crippen LogP contribution is 2.36. The Morgan fingerprint density at radius 3 is 2.42 bits per heavy atom. The van der Waals surface area contributed by atoms with Gasteiger partial charge < -0.3 is 14.8 Å². The Morgan fingerprint density at radius 2 is 1.71 bits per heavy atom. The number of nitrogens with one attached hydrogen (secondary N) is 1. The zero-order chi connectivity index (χ0) is 21.8. The van der Waals surface area contributed by atoms with Crippen LogP contribution in [0.5, 0.6) is 11.5 Å². The van der Waals surface area contributed by atoms with Crippen molar-refractivity contribution in [2.45, 2.75) is 11.9 Å². The summed E-state index contributed by atoms with van der Waals surface area (Å²) in [4.78, 5) is 12.9. The molecule has 0 saturated carbocycles. The van der Waals surface area contributed by atoms with Crippen molar-refractivity contribution in [1.82, 2.24) is 0 Å². The lowest BCUT2D eigenvalue weighted by atomic mass is 10.2. The molecule has 3 aromatic rings. The van der Waals surface area contributed by atoms with Gasteiger partial charge in [0, 0.05) is 5.69 Å². The molecule has 0 unspecified atom stereocenters. The molecule has 4 rings (SSSR count). The first-order valence-corrected chi connectivity index (χ1v) is 11.3. The number of sulfonamides is 1. The Balaban J connectivity index is 1.58. The molecule has 1 atom stereocenters. The summed E-state index contributed by atoms with van der Waals surface area (Å²) in [6, 6.07) is 22.6. The molecular weight excluding hydrogens is 416 g/mol. The summed E-state index contributed by atoms with van der Waals surface area (Å²) in [6.07, 6.45) is -0.998. The number of anilines is 2. The fraction of sp³-hybridized carbons (Fsp3) is 0.174. The van der Waals surface area contributed by atoms with Gasteiger partial charge in [0.25, 0.3) is 5.91 Å². The summed E-state index contributed by atoms with van der Waals surface area (Å²) in [6.45, 7) is -0.117. The molecule has 1 aliphatic rings. The molecule has 0 spiro atoms. The van der Waals surface area contributed by atoms with E-state index in [1.54, 1.807) is 79.9 Å². The van der Waals surface area contributed by atoms with Crippen LogP contribution in [0.4, 0.5) is 11.4 Å². The number of rotatable bonds is 6. The number of methoxy groups -OCH3 is 1. The van der Waals surface area contributed by atoms with Crippen LogP contribution in [0, 0.1) is 0 Å². The Hall–Kier alpha value is -3.52. The lowest BCUT2D eigenvalue weighted by molar-refractivity contribution is -0.122. The van der Waals surface area contributed by atoms with E-state index in [1.165, 1.54) is 4.31 Å². The number of para-hydroxylation sites is 2. The van der Waals surface area contributed by atoms with Gasteiger partial charge >= 0.3 is 0 Å². The van der Waals surface area contributed by atoms with Gasteiger partial charge in [0.05, 0.1) is 25.1 Å². The van der Waals surface area contributed by atoms with E-state index in [0.717, 1.165) is 0 Å². The molecule has 0 radical (unpaired) electrons. The molecule has 1 heterocycles. The second-order valence-electron chi connectivity index (χ2n) is 7.06. The van der Waals surface area contributed by atoms with Crippen molar-refractivity contribution in [3.8, 4) is 11.5 Å². The molecule has 0 fully saturated rings. The number of ether oxygens (including phenoxy) is 2. The molecule has 160 valence electrons. The molecule has 8 heteroatoms. The number of hydrogen-bond donors (Lipinski definition) is 1. The number of fused-ring (bicyclic) bond motifs is 1. The number of benzene rings is 3. The SMILES string of the molecule is COc1ccc(NC(=O)[C@@H]2CN(S(=O)(=O)Cc3ccccc3)c3ccccc3O2)cc1. The van der Waals surface area contributed by atoms with E-state index < -0.39 is 22.0 Å². The van der Waals surface area contributed by atoms with Crippen LogP contribution < -0.4 is 19.1 Å². The number of nitrogens with zero attached hydrogens (tertiary/aromatic N) is 1. The van der Waals surface area contributed by atoms with Crippen molar-refractivity contribution in [3.63, 3.8) is 0 Å². The van der Waals surface area contributed by atoms with E-state index in [4.69, 9.17) is 9.47 Å². The first-order valence-electron chi connectivity index (χ1n) is 9.71. The van der Waals surface area contributed by atoms with Crippen molar-refractivity contribution >= 4 is 27.3 Å². The number of carbonyl (C=O) groups excluding carboxylic acids is 1. The third-order valence-corrected chi connectivity index (χ3v) is 6.63. The van der Waals surface area contributed by atoms with Gasteiger partial charge in [-0.25, -0.2) is 8.42 Å². The van der Waals surface area contributed by atoms with Gasteiger partial charge in [0.15, 0.2) is 6.10 Å². The van der Waals surface area contributed by atoms with Gasteiger partial charge in [-0.3, -0.25) is 9.10 Å². The monoisotopic (exact) mass is 438 g/mol. The summed E-state index contributed by atoms with van der Waals surface area (Å²) >= 11 is 0. The van der Waals surface area contributed by atoms with Crippen LogP contribution in [0.15, 0.2) is 78.9 Å². The van der Waals surface area contributed by atoms with Crippen molar-refractivity contribution in [1.29, 1.82) is 0 Å². The first-order chi connectivity index (χ1) is 15.0. The molecule has 31 heavy (non-hydrogen) atoms. The third kappa shape index (κ3) is 4.64. The highest BCUT2D eigenvalue weighted by Gasteiger charge is 2.36. The van der Waals surface area contributed by atoms with Gasteiger partial charge in [0.1, 0.15) is 11.5 Å². The standard InChI is InChI=1S/C23H22N2O5S/c1-29-19-13-11-18(12-14-19)24-23(26)22-15-25(20-9-5-6-10-21(20)30-22)31(27,28)16-17-7-3-2-4-8-17/h2-14,22H,15-16H2,1H3,(H,24,26)/t22-/m0/s1. The van der Waals surface area contributed by atoms with Gasteiger partial charge in [0.2, 0.25) is 10.0 Å². The molecule has 0 saturated heterocycles. The van der Waals surface area contributed by atoms with Crippen LogP contribution in [-0.4, -0.2) is 34.1 Å². The summed E-state index contributed by atoms with van der Waals surface area (Å²) < 4.78 is 38.7. The van der Waals surface area contributed by atoms with Crippen LogP contribution in [0.25, 0.3) is 0 Å². The van der Waals surface area contributed by atoms with Gasteiger partial charge in [-0.15, -0.1) is 0 Å². The van der Waals surface area contributed by atoms with Crippen molar-refractivity contribution in [3.05, 3.63) is 84.4 Å². The highest BCUT2D eigenvalue weighted by molar-refractivity contribution is 7.92. The van der Waals surface area contributed by atoms with Gasteiger partial charge in [-0.1, -0.05) is 42.5 Å². The van der Waals surface area contributed by atoms with Crippen molar-refractivity contribution < 1.29 is 22.7 Å². The fourth-order valence-corrected chi connectivity index (χ4v) is 4.94. The maximum Gasteiger partial charge on any atom is 0.267 e. The molecular formula is C23H22N2O5S. The number of carbonyl (C=O) groups is 1. The molecule has 1 aliphatic heterocycles. The Bertz CT molecular complexity index is 1160. The number of hydrogen-bond acceptors (Lipinski definition) is 5. The maximum absolute atomic E-state index is 13.2. The minimum Gasteiger partial charge on any atom is -0.497 e. The first kappa shape index (κ1) is 20.7. The second-order valence-corrected chi connectivity index (χ2v) is 8.96. The normalized spacial score (nSPS) is 15.5. The number of amides is 1. The molecule has 1 N–H and O–H groups in total. The topological polar surface area (TPSA) is 84.9 Å². The Morgan fingerprint density at radius 1 is 1.03 bits per heavy atom. The van der Waals surface area contributed by atoms with E-state index in [-0.39, 0.29) is 12.3 Å². The minimum absolute atomic E-state index is 0.117. The highest BCUT2D eigenvalue weighted by atomic mass is 32.2. The molecule has 0 aliphatic carbocycles. The second kappa shape index (κ2) is 8.69. The summed E-state index contributed by atoms with van der Waals surface area (Å²) in [5, 5.41) is 2.77.